The monoisotopic (exact) mass is 340 g/mol. The Hall–Kier alpha value is -2.17. The molecule has 0 spiro atoms. The van der Waals surface area contributed by atoms with Crippen LogP contribution in [0.4, 0.5) is 5.69 Å². The summed E-state index contributed by atoms with van der Waals surface area (Å²) in [4.78, 5) is 40.9. The van der Waals surface area contributed by atoms with Gasteiger partial charge in [-0.3, -0.25) is 19.3 Å². The van der Waals surface area contributed by atoms with Crippen molar-refractivity contribution in [2.24, 2.45) is 11.8 Å². The first-order chi connectivity index (χ1) is 12.2. The molecule has 2 atom stereocenters. The summed E-state index contributed by atoms with van der Waals surface area (Å²) >= 11 is 0. The maximum absolute atomic E-state index is 12.7. The Kier molecular flexibility index (Phi) is 4.32. The normalized spacial score (nSPS) is 25.8. The lowest BCUT2D eigenvalue weighted by Gasteiger charge is -2.30. The molecule has 1 aromatic rings. The van der Waals surface area contributed by atoms with Crippen LogP contribution in [-0.4, -0.2) is 35.7 Å². The van der Waals surface area contributed by atoms with E-state index in [9.17, 15) is 14.4 Å². The molecule has 0 N–H and O–H groups in total. The van der Waals surface area contributed by atoms with Crippen molar-refractivity contribution in [3.63, 3.8) is 0 Å². The van der Waals surface area contributed by atoms with Gasteiger partial charge in [-0.15, -0.1) is 0 Å². The molecule has 1 aliphatic carbocycles. The van der Waals surface area contributed by atoms with Crippen LogP contribution in [0.3, 0.4) is 0 Å². The van der Waals surface area contributed by atoms with Gasteiger partial charge < -0.3 is 4.90 Å². The molecule has 2 aliphatic heterocycles. The number of carbonyl (C=O) groups is 3. The molecule has 1 saturated heterocycles. The average molecular weight is 340 g/mol. The average Bonchev–Trinajstić information content (AvgIpc) is 2.90. The number of nitrogens with zero attached hydrogens (tertiary/aromatic N) is 2. The van der Waals surface area contributed by atoms with Gasteiger partial charge in [0.2, 0.25) is 17.7 Å². The van der Waals surface area contributed by atoms with Crippen molar-refractivity contribution < 1.29 is 14.4 Å². The predicted molar refractivity (Wildman–Crippen MR) is 93.9 cm³/mol. The van der Waals surface area contributed by atoms with Gasteiger partial charge in [-0.2, -0.15) is 0 Å². The number of likely N-dealkylation sites (tertiary alicyclic amines) is 1. The molecular formula is C20H24N2O3. The zero-order chi connectivity index (χ0) is 17.4. The third-order valence-electron chi connectivity index (χ3n) is 5.89. The third kappa shape index (κ3) is 2.86. The largest absolute Gasteiger partial charge is 0.312 e. The van der Waals surface area contributed by atoms with Crippen LogP contribution in [0.1, 0.15) is 44.1 Å². The number of para-hydroxylation sites is 1. The van der Waals surface area contributed by atoms with E-state index in [4.69, 9.17) is 0 Å². The number of carbonyl (C=O) groups excluding carboxylic acids is 3. The minimum Gasteiger partial charge on any atom is -0.312 e. The van der Waals surface area contributed by atoms with Crippen molar-refractivity contribution in [2.75, 3.05) is 18.0 Å². The molecule has 0 bridgehead atoms. The van der Waals surface area contributed by atoms with Crippen molar-refractivity contribution in [1.82, 2.24) is 4.90 Å². The second-order valence-electron chi connectivity index (χ2n) is 7.35. The smallest absolute Gasteiger partial charge is 0.233 e. The zero-order valence-corrected chi connectivity index (χ0v) is 14.4. The van der Waals surface area contributed by atoms with Crippen LogP contribution in [0.2, 0.25) is 0 Å². The van der Waals surface area contributed by atoms with E-state index >= 15 is 0 Å². The summed E-state index contributed by atoms with van der Waals surface area (Å²) in [5.74, 6) is -0.371. The van der Waals surface area contributed by atoms with Crippen LogP contribution in [0, 0.1) is 11.8 Å². The fourth-order valence-corrected chi connectivity index (χ4v) is 4.59. The van der Waals surface area contributed by atoms with Gasteiger partial charge in [0.1, 0.15) is 0 Å². The fraction of sp³-hybridized carbons (Fsp3) is 0.550. The molecule has 1 aromatic carbocycles. The first-order valence-corrected chi connectivity index (χ1v) is 9.40. The van der Waals surface area contributed by atoms with E-state index in [1.54, 1.807) is 0 Å². The number of benzene rings is 1. The van der Waals surface area contributed by atoms with Crippen molar-refractivity contribution in [1.29, 1.82) is 0 Å². The molecule has 5 heteroatoms. The van der Waals surface area contributed by atoms with Crippen LogP contribution in [0.15, 0.2) is 24.3 Å². The van der Waals surface area contributed by atoms with Crippen molar-refractivity contribution in [2.45, 2.75) is 44.9 Å². The molecule has 2 fully saturated rings. The van der Waals surface area contributed by atoms with Crippen molar-refractivity contribution in [3.05, 3.63) is 29.8 Å². The number of amides is 3. The minimum atomic E-state index is -0.132. The number of imide groups is 1. The van der Waals surface area contributed by atoms with E-state index < -0.39 is 0 Å². The molecule has 25 heavy (non-hydrogen) atoms. The quantitative estimate of drug-likeness (QED) is 0.795. The highest BCUT2D eigenvalue weighted by Crippen LogP contribution is 2.38. The minimum absolute atomic E-state index is 0.00243. The molecule has 1 saturated carbocycles. The SMILES string of the molecule is O=C1[C@H]2CCCC[C@H]2C(=O)N1CCC(=O)N1CCCc2ccccc21. The summed E-state index contributed by atoms with van der Waals surface area (Å²) in [5.41, 5.74) is 2.17. The fourth-order valence-electron chi connectivity index (χ4n) is 4.59. The summed E-state index contributed by atoms with van der Waals surface area (Å²) < 4.78 is 0. The Morgan fingerprint density at radius 3 is 2.40 bits per heavy atom. The zero-order valence-electron chi connectivity index (χ0n) is 14.4. The van der Waals surface area contributed by atoms with E-state index in [-0.39, 0.29) is 42.5 Å². The lowest BCUT2D eigenvalue weighted by atomic mass is 9.81. The molecule has 3 aliphatic rings. The van der Waals surface area contributed by atoms with Gasteiger partial charge in [0.15, 0.2) is 0 Å². The number of anilines is 1. The predicted octanol–water partition coefficient (Wildman–Crippen LogP) is 2.53. The first-order valence-electron chi connectivity index (χ1n) is 9.40. The lowest BCUT2D eigenvalue weighted by molar-refractivity contribution is -0.140. The number of hydrogen-bond donors (Lipinski definition) is 0. The molecule has 3 amide bonds. The Morgan fingerprint density at radius 2 is 1.68 bits per heavy atom. The molecule has 0 radical (unpaired) electrons. The topological polar surface area (TPSA) is 57.7 Å². The Bertz CT molecular complexity index is 691. The first kappa shape index (κ1) is 16.3. The van der Waals surface area contributed by atoms with E-state index in [1.165, 1.54) is 10.5 Å². The van der Waals surface area contributed by atoms with Crippen LogP contribution < -0.4 is 4.90 Å². The Labute approximate surface area is 148 Å². The summed E-state index contributed by atoms with van der Waals surface area (Å²) in [6.45, 7) is 0.936. The molecule has 0 aromatic heterocycles. The van der Waals surface area contributed by atoms with Crippen LogP contribution >= 0.6 is 0 Å². The van der Waals surface area contributed by atoms with Crippen molar-refractivity contribution in [3.8, 4) is 0 Å². The van der Waals surface area contributed by atoms with Gasteiger partial charge in [-0.05, 0) is 37.3 Å². The highest BCUT2D eigenvalue weighted by atomic mass is 16.2. The van der Waals surface area contributed by atoms with Gasteiger partial charge in [0.05, 0.1) is 11.8 Å². The highest BCUT2D eigenvalue weighted by molar-refractivity contribution is 6.05. The maximum Gasteiger partial charge on any atom is 0.233 e. The Balaban J connectivity index is 1.43. The van der Waals surface area contributed by atoms with E-state index in [0.29, 0.717) is 6.54 Å². The molecular weight excluding hydrogens is 316 g/mol. The summed E-state index contributed by atoms with van der Waals surface area (Å²) in [6, 6.07) is 7.98. The van der Waals surface area contributed by atoms with Gasteiger partial charge >= 0.3 is 0 Å². The second kappa shape index (κ2) is 6.62. The third-order valence-corrected chi connectivity index (χ3v) is 5.89. The molecule has 4 rings (SSSR count). The van der Waals surface area contributed by atoms with Gasteiger partial charge in [-0.1, -0.05) is 31.0 Å². The summed E-state index contributed by atoms with van der Waals surface area (Å²) in [6.07, 6.45) is 5.85. The lowest BCUT2D eigenvalue weighted by Crippen LogP contribution is -2.39. The van der Waals surface area contributed by atoms with Gasteiger partial charge in [0.25, 0.3) is 0 Å². The number of hydrogen-bond acceptors (Lipinski definition) is 3. The van der Waals surface area contributed by atoms with E-state index in [2.05, 4.69) is 6.07 Å². The Morgan fingerprint density at radius 1 is 1.00 bits per heavy atom. The number of rotatable bonds is 3. The van der Waals surface area contributed by atoms with Crippen LogP contribution in [0.25, 0.3) is 0 Å². The molecule has 2 heterocycles. The standard InChI is InChI=1S/C20H24N2O3/c23-18(21-12-5-7-14-6-1-4-10-17(14)21)11-13-22-19(24)15-8-2-3-9-16(15)20(22)25/h1,4,6,10,15-16H,2-3,5,7-9,11-13H2/t15-,16+. The molecule has 132 valence electrons. The van der Waals surface area contributed by atoms with Crippen molar-refractivity contribution >= 4 is 23.4 Å². The molecule has 0 unspecified atom stereocenters. The van der Waals surface area contributed by atoms with Gasteiger partial charge in [-0.25, -0.2) is 0 Å². The van der Waals surface area contributed by atoms with Gasteiger partial charge in [0, 0.05) is 25.2 Å². The number of aryl methyl sites for hydroxylation is 1. The van der Waals surface area contributed by atoms with Crippen LogP contribution in [0.5, 0.6) is 0 Å². The summed E-state index contributed by atoms with van der Waals surface area (Å²) in [7, 11) is 0. The number of fused-ring (bicyclic) bond motifs is 2. The van der Waals surface area contributed by atoms with E-state index in [1.807, 2.05) is 23.1 Å². The van der Waals surface area contributed by atoms with E-state index in [0.717, 1.165) is 44.2 Å². The maximum atomic E-state index is 12.7. The van der Waals surface area contributed by atoms with Crippen LogP contribution in [-0.2, 0) is 20.8 Å². The molecule has 5 nitrogen and oxygen atoms in total. The second-order valence-corrected chi connectivity index (χ2v) is 7.35. The summed E-state index contributed by atoms with van der Waals surface area (Å²) in [5, 5.41) is 0. The highest BCUT2D eigenvalue weighted by Gasteiger charge is 2.47.